The van der Waals surface area contributed by atoms with E-state index in [-0.39, 0.29) is 12.1 Å². The lowest BCUT2D eigenvalue weighted by Gasteiger charge is -2.29. The zero-order chi connectivity index (χ0) is 17.2. The Morgan fingerprint density at radius 3 is 2.83 bits per heavy atom. The second kappa shape index (κ2) is 7.13. The molecule has 1 aliphatic rings. The molecule has 5 nitrogen and oxygen atoms in total. The third-order valence-electron chi connectivity index (χ3n) is 3.70. The molecule has 2 atom stereocenters. The number of aromatic nitrogens is 1. The van der Waals surface area contributed by atoms with Gasteiger partial charge in [0, 0.05) is 38.1 Å². The summed E-state index contributed by atoms with van der Waals surface area (Å²) in [6.07, 6.45) is -0.785. The van der Waals surface area contributed by atoms with Crippen molar-refractivity contribution in [2.45, 2.75) is 58.5 Å². The Bertz CT molecular complexity index is 544. The predicted octanol–water partition coefficient (Wildman–Crippen LogP) is 3.23. The van der Waals surface area contributed by atoms with Crippen molar-refractivity contribution in [3.63, 3.8) is 0 Å². The number of hydrogen-bond acceptors (Lipinski definition) is 5. The van der Waals surface area contributed by atoms with Crippen LogP contribution in [-0.4, -0.2) is 58.8 Å². The number of likely N-dealkylation sites (N-methyl/N-ethyl adjacent to an activating group) is 1. The molecule has 2 heterocycles. The molecule has 0 spiro atoms. The summed E-state index contributed by atoms with van der Waals surface area (Å²) in [7, 11) is 1.70. The normalized spacial score (nSPS) is 22.3. The first-order valence-corrected chi connectivity index (χ1v) is 8.75. The molecule has 1 amide bonds. The zero-order valence-electron chi connectivity index (χ0n) is 14.5. The minimum atomic E-state index is -0.855. The van der Waals surface area contributed by atoms with E-state index in [4.69, 9.17) is 4.74 Å². The maximum atomic E-state index is 13.9. The molecule has 1 aromatic heterocycles. The molecule has 23 heavy (non-hydrogen) atoms. The van der Waals surface area contributed by atoms with Crippen LogP contribution in [0, 0.1) is 6.92 Å². The van der Waals surface area contributed by atoms with Crippen LogP contribution in [0.15, 0.2) is 5.38 Å². The van der Waals surface area contributed by atoms with Crippen molar-refractivity contribution < 1.29 is 13.9 Å². The SMILES string of the molecule is Cc1nc(CN2C[C@@H](F)C[C@H]2CN(C)C(=O)OC(C)(C)C)cs1. The van der Waals surface area contributed by atoms with Gasteiger partial charge >= 0.3 is 6.09 Å². The van der Waals surface area contributed by atoms with E-state index in [1.165, 1.54) is 4.90 Å². The molecule has 0 unspecified atom stereocenters. The Balaban J connectivity index is 1.95. The lowest BCUT2D eigenvalue weighted by atomic mass is 10.2. The number of aryl methyl sites for hydroxylation is 1. The highest BCUT2D eigenvalue weighted by Crippen LogP contribution is 2.24. The number of halogens is 1. The van der Waals surface area contributed by atoms with E-state index in [0.717, 1.165) is 10.7 Å². The van der Waals surface area contributed by atoms with Crippen LogP contribution in [-0.2, 0) is 11.3 Å². The summed E-state index contributed by atoms with van der Waals surface area (Å²) in [5.74, 6) is 0. The Morgan fingerprint density at radius 2 is 2.26 bits per heavy atom. The largest absolute Gasteiger partial charge is 0.444 e. The molecule has 0 bridgehead atoms. The van der Waals surface area contributed by atoms with E-state index in [9.17, 15) is 9.18 Å². The Kier molecular flexibility index (Phi) is 5.62. The molecule has 2 rings (SSSR count). The lowest BCUT2D eigenvalue weighted by Crippen LogP contribution is -2.42. The number of thiazole rings is 1. The maximum Gasteiger partial charge on any atom is 0.410 e. The number of ether oxygens (including phenoxy) is 1. The van der Waals surface area contributed by atoms with Crippen molar-refractivity contribution in [3.05, 3.63) is 16.1 Å². The van der Waals surface area contributed by atoms with Crippen LogP contribution < -0.4 is 0 Å². The average molecular weight is 343 g/mol. The number of rotatable bonds is 4. The summed E-state index contributed by atoms with van der Waals surface area (Å²) in [6.45, 7) is 8.94. The van der Waals surface area contributed by atoms with Gasteiger partial charge in [-0.3, -0.25) is 4.90 Å². The minimum Gasteiger partial charge on any atom is -0.444 e. The van der Waals surface area contributed by atoms with Crippen molar-refractivity contribution >= 4 is 17.4 Å². The zero-order valence-corrected chi connectivity index (χ0v) is 15.3. The van der Waals surface area contributed by atoms with Crippen molar-refractivity contribution in [2.24, 2.45) is 0 Å². The molecule has 0 saturated carbocycles. The van der Waals surface area contributed by atoms with Crippen molar-refractivity contribution in [2.75, 3.05) is 20.1 Å². The van der Waals surface area contributed by atoms with Gasteiger partial charge in [0.1, 0.15) is 11.8 Å². The smallest absolute Gasteiger partial charge is 0.410 e. The molecule has 1 saturated heterocycles. The number of likely N-dealkylation sites (tertiary alicyclic amines) is 1. The van der Waals surface area contributed by atoms with E-state index >= 15 is 0 Å². The molecule has 1 aliphatic heterocycles. The van der Waals surface area contributed by atoms with Crippen LogP contribution in [0.25, 0.3) is 0 Å². The van der Waals surface area contributed by atoms with Gasteiger partial charge in [0.05, 0.1) is 10.7 Å². The van der Waals surface area contributed by atoms with Gasteiger partial charge in [-0.2, -0.15) is 0 Å². The van der Waals surface area contributed by atoms with E-state index in [0.29, 0.717) is 26.1 Å². The van der Waals surface area contributed by atoms with Crippen LogP contribution in [0.1, 0.15) is 37.9 Å². The summed E-state index contributed by atoms with van der Waals surface area (Å²) in [6, 6.07) is -0.00970. The van der Waals surface area contributed by atoms with Gasteiger partial charge in [0.2, 0.25) is 0 Å². The highest BCUT2D eigenvalue weighted by atomic mass is 32.1. The highest BCUT2D eigenvalue weighted by molar-refractivity contribution is 7.09. The minimum absolute atomic E-state index is 0.00970. The molecule has 1 fully saturated rings. The molecule has 0 aromatic carbocycles. The molecule has 0 radical (unpaired) electrons. The lowest BCUT2D eigenvalue weighted by molar-refractivity contribution is 0.0256. The molecular weight excluding hydrogens is 317 g/mol. The summed E-state index contributed by atoms with van der Waals surface area (Å²) in [5, 5.41) is 3.02. The Labute approximate surface area is 141 Å². The molecule has 130 valence electrons. The standard InChI is InChI=1S/C16H26FN3O2S/c1-11-18-13(10-23-11)8-20-7-12(17)6-14(20)9-19(5)15(21)22-16(2,3)4/h10,12,14H,6-9H2,1-5H3/t12-,14-/m0/s1. The van der Waals surface area contributed by atoms with Crippen LogP contribution in [0.3, 0.4) is 0 Å². The van der Waals surface area contributed by atoms with Crippen molar-refractivity contribution in [1.82, 2.24) is 14.8 Å². The second-order valence-corrected chi connectivity index (χ2v) is 8.20. The molecule has 7 heteroatoms. The fourth-order valence-electron chi connectivity index (χ4n) is 2.73. The van der Waals surface area contributed by atoms with Gasteiger partial charge < -0.3 is 9.64 Å². The van der Waals surface area contributed by atoms with E-state index < -0.39 is 11.8 Å². The summed E-state index contributed by atoms with van der Waals surface area (Å²) < 4.78 is 19.2. The fourth-order valence-corrected chi connectivity index (χ4v) is 3.33. The van der Waals surface area contributed by atoms with Crippen LogP contribution >= 0.6 is 11.3 Å². The molecule has 1 aromatic rings. The third kappa shape index (κ3) is 5.42. The molecule has 0 N–H and O–H groups in total. The number of amides is 1. The van der Waals surface area contributed by atoms with Crippen molar-refractivity contribution in [3.8, 4) is 0 Å². The number of alkyl halides is 1. The third-order valence-corrected chi connectivity index (χ3v) is 4.52. The number of hydrogen-bond donors (Lipinski definition) is 0. The van der Waals surface area contributed by atoms with Gasteiger partial charge in [0.25, 0.3) is 0 Å². The van der Waals surface area contributed by atoms with Crippen LogP contribution in [0.5, 0.6) is 0 Å². The van der Waals surface area contributed by atoms with Gasteiger partial charge in [-0.05, 0) is 34.1 Å². The van der Waals surface area contributed by atoms with Gasteiger partial charge in [-0.1, -0.05) is 0 Å². The molecular formula is C16H26FN3O2S. The Morgan fingerprint density at radius 1 is 1.57 bits per heavy atom. The number of carbonyl (C=O) groups is 1. The van der Waals surface area contributed by atoms with Gasteiger partial charge in [-0.25, -0.2) is 14.2 Å². The Hall–Kier alpha value is -1.21. The predicted molar refractivity (Wildman–Crippen MR) is 89.4 cm³/mol. The van der Waals surface area contributed by atoms with E-state index in [2.05, 4.69) is 9.88 Å². The second-order valence-electron chi connectivity index (χ2n) is 7.13. The topological polar surface area (TPSA) is 45.7 Å². The van der Waals surface area contributed by atoms with Crippen molar-refractivity contribution in [1.29, 1.82) is 0 Å². The fraction of sp³-hybridized carbons (Fsp3) is 0.750. The quantitative estimate of drug-likeness (QED) is 0.842. The summed E-state index contributed by atoms with van der Waals surface area (Å²) in [4.78, 5) is 20.1. The first-order valence-electron chi connectivity index (χ1n) is 7.87. The van der Waals surface area contributed by atoms with Crippen LogP contribution in [0.2, 0.25) is 0 Å². The van der Waals surface area contributed by atoms with Gasteiger partial charge in [0.15, 0.2) is 0 Å². The summed E-state index contributed by atoms with van der Waals surface area (Å²) >= 11 is 1.60. The first kappa shape index (κ1) is 18.1. The van der Waals surface area contributed by atoms with E-state index in [1.807, 2.05) is 33.1 Å². The van der Waals surface area contributed by atoms with E-state index in [1.54, 1.807) is 18.4 Å². The summed E-state index contributed by atoms with van der Waals surface area (Å²) in [5.41, 5.74) is 0.438. The van der Waals surface area contributed by atoms with Crippen LogP contribution in [0.4, 0.5) is 9.18 Å². The maximum absolute atomic E-state index is 13.9. The number of carbonyl (C=O) groups excluding carboxylic acids is 1. The molecule has 0 aliphatic carbocycles. The highest BCUT2D eigenvalue weighted by Gasteiger charge is 2.34. The first-order chi connectivity index (χ1) is 10.6. The average Bonchev–Trinajstić information content (AvgIpc) is 2.94. The monoisotopic (exact) mass is 343 g/mol. The van der Waals surface area contributed by atoms with Gasteiger partial charge in [-0.15, -0.1) is 11.3 Å². The number of nitrogens with zero attached hydrogens (tertiary/aromatic N) is 3.